The van der Waals surface area contributed by atoms with Crippen molar-refractivity contribution in [3.05, 3.63) is 0 Å². The van der Waals surface area contributed by atoms with E-state index >= 15 is 0 Å². The Hall–Kier alpha value is -0.180. The van der Waals surface area contributed by atoms with Crippen molar-refractivity contribution in [2.75, 3.05) is 11.5 Å². The van der Waals surface area contributed by atoms with Crippen molar-refractivity contribution in [2.24, 2.45) is 11.3 Å². The summed E-state index contributed by atoms with van der Waals surface area (Å²) < 4.78 is 0. The summed E-state index contributed by atoms with van der Waals surface area (Å²) in [6.07, 6.45) is 3.86. The van der Waals surface area contributed by atoms with Gasteiger partial charge in [-0.05, 0) is 42.1 Å². The summed E-state index contributed by atoms with van der Waals surface area (Å²) >= 11 is 1.93. The van der Waals surface area contributed by atoms with Gasteiger partial charge in [-0.2, -0.15) is 11.8 Å². The van der Waals surface area contributed by atoms with Crippen molar-refractivity contribution in [1.29, 1.82) is 0 Å². The van der Waals surface area contributed by atoms with Crippen molar-refractivity contribution in [3.8, 4) is 0 Å². The maximum atomic E-state index is 10.6. The molecule has 3 heteroatoms. The fourth-order valence-electron chi connectivity index (χ4n) is 1.48. The van der Waals surface area contributed by atoms with Crippen LogP contribution in [0.4, 0.5) is 0 Å². The molecule has 0 aromatic heterocycles. The Morgan fingerprint density at radius 1 is 1.50 bits per heavy atom. The van der Waals surface area contributed by atoms with Gasteiger partial charge in [0.15, 0.2) is 0 Å². The lowest BCUT2D eigenvalue weighted by Gasteiger charge is -2.12. The molecular formula is C11H20O2S. The van der Waals surface area contributed by atoms with Gasteiger partial charge >= 0.3 is 5.97 Å². The third-order valence-corrected chi connectivity index (χ3v) is 4.07. The maximum absolute atomic E-state index is 10.6. The van der Waals surface area contributed by atoms with E-state index < -0.39 is 5.97 Å². The normalized spacial score (nSPS) is 18.5. The van der Waals surface area contributed by atoms with E-state index in [2.05, 4.69) is 13.8 Å². The zero-order valence-corrected chi connectivity index (χ0v) is 9.90. The number of hydrogen-bond donors (Lipinski definition) is 1. The number of carbonyl (C=O) groups is 1. The van der Waals surface area contributed by atoms with Gasteiger partial charge in [0.05, 0.1) is 6.42 Å². The Kier molecular flexibility index (Phi) is 4.30. The third kappa shape index (κ3) is 4.36. The highest BCUT2D eigenvalue weighted by atomic mass is 32.2. The first-order valence-electron chi connectivity index (χ1n) is 5.34. The van der Waals surface area contributed by atoms with Gasteiger partial charge in [0.2, 0.25) is 0 Å². The minimum Gasteiger partial charge on any atom is -0.481 e. The quantitative estimate of drug-likeness (QED) is 0.665. The Morgan fingerprint density at radius 2 is 2.14 bits per heavy atom. The fraction of sp³-hybridized carbons (Fsp3) is 0.909. The molecule has 0 spiro atoms. The lowest BCUT2D eigenvalue weighted by molar-refractivity contribution is -0.138. The van der Waals surface area contributed by atoms with E-state index in [1.54, 1.807) is 0 Å². The van der Waals surface area contributed by atoms with Crippen molar-refractivity contribution in [3.63, 3.8) is 0 Å². The van der Waals surface area contributed by atoms with Crippen molar-refractivity contribution in [1.82, 2.24) is 0 Å². The van der Waals surface area contributed by atoms with E-state index in [0.717, 1.165) is 24.5 Å². The molecular weight excluding hydrogens is 196 g/mol. The number of aliphatic carboxylic acids is 1. The zero-order valence-electron chi connectivity index (χ0n) is 9.08. The lowest BCUT2D eigenvalue weighted by atomic mass is 10.1. The Balaban J connectivity index is 2.09. The molecule has 0 aliphatic heterocycles. The van der Waals surface area contributed by atoms with E-state index in [1.807, 2.05) is 11.8 Å². The smallest absolute Gasteiger partial charge is 0.303 e. The zero-order chi connectivity index (χ0) is 10.6. The first kappa shape index (κ1) is 11.9. The average molecular weight is 216 g/mol. The molecule has 0 unspecified atom stereocenters. The molecule has 0 heterocycles. The van der Waals surface area contributed by atoms with Crippen LogP contribution in [0.2, 0.25) is 0 Å². The first-order chi connectivity index (χ1) is 6.54. The molecule has 14 heavy (non-hydrogen) atoms. The minimum atomic E-state index is -0.632. The van der Waals surface area contributed by atoms with Crippen LogP contribution in [0.25, 0.3) is 0 Å². The Bertz CT molecular complexity index is 197. The lowest BCUT2D eigenvalue weighted by Crippen LogP contribution is -2.11. The van der Waals surface area contributed by atoms with Crippen molar-refractivity contribution >= 4 is 17.7 Å². The summed E-state index contributed by atoms with van der Waals surface area (Å²) in [7, 11) is 0. The number of rotatable bonds is 7. The number of hydrogen-bond acceptors (Lipinski definition) is 2. The predicted octanol–water partition coefficient (Wildman–Crippen LogP) is 3.02. The number of carboxylic acid groups (broad SMARTS) is 1. The molecule has 0 amide bonds. The van der Waals surface area contributed by atoms with Crippen LogP contribution in [0.5, 0.6) is 0 Å². The van der Waals surface area contributed by atoms with E-state index in [-0.39, 0.29) is 5.41 Å². The number of carboxylic acids is 1. The largest absolute Gasteiger partial charge is 0.481 e. The maximum Gasteiger partial charge on any atom is 0.303 e. The summed E-state index contributed by atoms with van der Waals surface area (Å²) in [5, 5.41) is 8.72. The van der Waals surface area contributed by atoms with Gasteiger partial charge in [-0.3, -0.25) is 4.79 Å². The molecule has 1 rings (SSSR count). The molecule has 1 N–H and O–H groups in total. The highest BCUT2D eigenvalue weighted by Crippen LogP contribution is 2.51. The fourth-order valence-corrected chi connectivity index (χ4v) is 3.08. The van der Waals surface area contributed by atoms with Crippen LogP contribution in [0.3, 0.4) is 0 Å². The second-order valence-corrected chi connectivity index (χ2v) is 5.91. The number of thioether (sulfide) groups is 1. The molecule has 1 aliphatic rings. The summed E-state index contributed by atoms with van der Waals surface area (Å²) in [6, 6.07) is 0. The molecule has 1 aliphatic carbocycles. The molecule has 1 saturated carbocycles. The standard InChI is InChI=1S/C11H20O2S/c1-9(2)3-6-14-8-11(4-5-11)7-10(12)13/h9H,3-8H2,1-2H3,(H,12,13). The molecule has 0 aromatic carbocycles. The van der Waals surface area contributed by atoms with Crippen LogP contribution in [0, 0.1) is 11.3 Å². The van der Waals surface area contributed by atoms with E-state index in [9.17, 15) is 4.79 Å². The molecule has 0 radical (unpaired) electrons. The summed E-state index contributed by atoms with van der Waals surface area (Å²) in [6.45, 7) is 4.45. The van der Waals surface area contributed by atoms with E-state index in [0.29, 0.717) is 6.42 Å². The van der Waals surface area contributed by atoms with Gasteiger partial charge in [-0.15, -0.1) is 0 Å². The molecule has 0 bridgehead atoms. The van der Waals surface area contributed by atoms with Gasteiger partial charge in [0.1, 0.15) is 0 Å². The van der Waals surface area contributed by atoms with Crippen LogP contribution >= 0.6 is 11.8 Å². The van der Waals surface area contributed by atoms with Crippen LogP contribution < -0.4 is 0 Å². The van der Waals surface area contributed by atoms with Gasteiger partial charge in [-0.1, -0.05) is 13.8 Å². The van der Waals surface area contributed by atoms with Crippen LogP contribution in [0.1, 0.15) is 39.5 Å². The minimum absolute atomic E-state index is 0.174. The monoisotopic (exact) mass is 216 g/mol. The van der Waals surface area contributed by atoms with Crippen LogP contribution in [0.15, 0.2) is 0 Å². The first-order valence-corrected chi connectivity index (χ1v) is 6.49. The highest BCUT2D eigenvalue weighted by Gasteiger charge is 2.43. The van der Waals surface area contributed by atoms with Crippen molar-refractivity contribution < 1.29 is 9.90 Å². The molecule has 1 fully saturated rings. The Labute approximate surface area is 90.5 Å². The molecule has 0 aromatic rings. The van der Waals surface area contributed by atoms with Gasteiger partial charge in [0.25, 0.3) is 0 Å². The highest BCUT2D eigenvalue weighted by molar-refractivity contribution is 7.99. The van der Waals surface area contributed by atoms with Crippen LogP contribution in [-0.4, -0.2) is 22.6 Å². The molecule has 0 atom stereocenters. The average Bonchev–Trinajstić information content (AvgIpc) is 2.78. The Morgan fingerprint density at radius 3 is 2.57 bits per heavy atom. The predicted molar refractivity (Wildman–Crippen MR) is 60.7 cm³/mol. The SMILES string of the molecule is CC(C)CCSCC1(CC(=O)O)CC1. The molecule has 0 saturated heterocycles. The third-order valence-electron chi connectivity index (χ3n) is 2.73. The van der Waals surface area contributed by atoms with Gasteiger partial charge < -0.3 is 5.11 Å². The van der Waals surface area contributed by atoms with E-state index in [1.165, 1.54) is 12.2 Å². The van der Waals surface area contributed by atoms with Crippen LogP contribution in [-0.2, 0) is 4.79 Å². The molecule has 82 valence electrons. The summed E-state index contributed by atoms with van der Waals surface area (Å²) in [5.74, 6) is 2.36. The summed E-state index contributed by atoms with van der Waals surface area (Å²) in [4.78, 5) is 10.6. The van der Waals surface area contributed by atoms with E-state index in [4.69, 9.17) is 5.11 Å². The molecule has 2 nitrogen and oxygen atoms in total. The summed E-state index contributed by atoms with van der Waals surface area (Å²) in [5.41, 5.74) is 0.174. The van der Waals surface area contributed by atoms with Crippen molar-refractivity contribution in [2.45, 2.75) is 39.5 Å². The second-order valence-electron chi connectivity index (χ2n) is 4.81. The van der Waals surface area contributed by atoms with Gasteiger partial charge in [-0.25, -0.2) is 0 Å². The van der Waals surface area contributed by atoms with Gasteiger partial charge in [0, 0.05) is 0 Å². The second kappa shape index (κ2) is 5.06. The topological polar surface area (TPSA) is 37.3 Å².